The Balaban J connectivity index is 2.77. The third kappa shape index (κ3) is 1.88. The van der Waals surface area contributed by atoms with E-state index in [2.05, 4.69) is 10.1 Å². The maximum absolute atomic E-state index is 12.8. The number of hydrogen-bond donors (Lipinski definition) is 2. The Morgan fingerprint density at radius 3 is 2.72 bits per heavy atom. The average molecular weight is 259 g/mol. The topological polar surface area (TPSA) is 85.3 Å². The van der Waals surface area contributed by atoms with Gasteiger partial charge in [0.2, 0.25) is 0 Å². The van der Waals surface area contributed by atoms with Crippen LogP contribution in [0.4, 0.5) is 13.2 Å². The summed E-state index contributed by atoms with van der Waals surface area (Å²) < 4.78 is 38.9. The molecule has 96 valence electrons. The van der Waals surface area contributed by atoms with E-state index in [-0.39, 0.29) is 16.9 Å². The second-order valence-electron chi connectivity index (χ2n) is 3.55. The molecule has 0 saturated carbocycles. The van der Waals surface area contributed by atoms with Crippen molar-refractivity contribution in [2.75, 3.05) is 0 Å². The second-order valence-corrected chi connectivity index (χ2v) is 3.55. The van der Waals surface area contributed by atoms with Crippen molar-refractivity contribution in [2.24, 2.45) is 5.84 Å². The molecule has 1 amide bonds. The zero-order valence-electron chi connectivity index (χ0n) is 9.12. The molecule has 2 aromatic heterocycles. The van der Waals surface area contributed by atoms with Crippen LogP contribution in [0.25, 0.3) is 5.65 Å². The van der Waals surface area contributed by atoms with E-state index in [1.807, 2.05) is 5.43 Å². The number of amides is 1. The molecule has 6 nitrogen and oxygen atoms in total. The Kier molecular flexibility index (Phi) is 2.70. The van der Waals surface area contributed by atoms with Gasteiger partial charge in [0.05, 0.1) is 6.20 Å². The molecule has 0 bridgehead atoms. The smallest absolute Gasteiger partial charge is 0.290 e. The van der Waals surface area contributed by atoms with Gasteiger partial charge in [-0.05, 0) is 13.0 Å². The lowest BCUT2D eigenvalue weighted by Gasteiger charge is -2.09. The van der Waals surface area contributed by atoms with Crippen LogP contribution in [0.15, 0.2) is 12.3 Å². The molecule has 0 atom stereocenters. The van der Waals surface area contributed by atoms with Crippen molar-refractivity contribution in [2.45, 2.75) is 13.1 Å². The van der Waals surface area contributed by atoms with E-state index in [0.717, 1.165) is 12.3 Å². The number of nitrogens with one attached hydrogen (secondary N) is 1. The summed E-state index contributed by atoms with van der Waals surface area (Å²) in [4.78, 5) is 15.2. The maximum atomic E-state index is 12.8. The van der Waals surface area contributed by atoms with Crippen molar-refractivity contribution in [1.82, 2.24) is 20.0 Å². The molecule has 0 aliphatic carbocycles. The van der Waals surface area contributed by atoms with E-state index in [0.29, 0.717) is 4.52 Å². The first-order valence-electron chi connectivity index (χ1n) is 4.78. The van der Waals surface area contributed by atoms with E-state index >= 15 is 0 Å². The van der Waals surface area contributed by atoms with Gasteiger partial charge in [-0.3, -0.25) is 10.2 Å². The van der Waals surface area contributed by atoms with Gasteiger partial charge in [0.1, 0.15) is 11.3 Å². The SMILES string of the molecule is Cc1cc(C(F)(F)F)n2ncc(C(=O)NN)c2n1. The number of hydrogen-bond acceptors (Lipinski definition) is 4. The van der Waals surface area contributed by atoms with Crippen molar-refractivity contribution in [3.05, 3.63) is 29.2 Å². The van der Waals surface area contributed by atoms with Gasteiger partial charge in [0, 0.05) is 5.69 Å². The number of nitrogen functional groups attached to an aromatic ring is 1. The predicted molar refractivity (Wildman–Crippen MR) is 54.4 cm³/mol. The van der Waals surface area contributed by atoms with Crippen LogP contribution in [0.2, 0.25) is 0 Å². The second kappa shape index (κ2) is 3.95. The summed E-state index contributed by atoms with van der Waals surface area (Å²) in [6.07, 6.45) is -3.60. The Hall–Kier alpha value is -2.16. The van der Waals surface area contributed by atoms with E-state index in [1.165, 1.54) is 6.92 Å². The molecule has 0 spiro atoms. The number of aromatic nitrogens is 3. The van der Waals surface area contributed by atoms with Crippen LogP contribution in [-0.2, 0) is 6.18 Å². The molecule has 0 radical (unpaired) electrons. The van der Waals surface area contributed by atoms with Crippen LogP contribution in [0.3, 0.4) is 0 Å². The van der Waals surface area contributed by atoms with E-state index in [4.69, 9.17) is 5.84 Å². The van der Waals surface area contributed by atoms with Crippen molar-refractivity contribution >= 4 is 11.6 Å². The first-order chi connectivity index (χ1) is 8.34. The lowest BCUT2D eigenvalue weighted by Crippen LogP contribution is -2.30. The van der Waals surface area contributed by atoms with Crippen LogP contribution >= 0.6 is 0 Å². The van der Waals surface area contributed by atoms with Gasteiger partial charge in [-0.25, -0.2) is 15.3 Å². The number of nitrogens with zero attached hydrogens (tertiary/aromatic N) is 3. The first kappa shape index (κ1) is 12.3. The highest BCUT2D eigenvalue weighted by Crippen LogP contribution is 2.30. The highest BCUT2D eigenvalue weighted by Gasteiger charge is 2.35. The Morgan fingerprint density at radius 1 is 1.50 bits per heavy atom. The van der Waals surface area contributed by atoms with E-state index in [9.17, 15) is 18.0 Å². The molecule has 9 heteroatoms. The molecule has 0 fully saturated rings. The standard InChI is InChI=1S/C9H8F3N5O/c1-4-2-6(9(10,11)12)17-7(15-4)5(3-14-17)8(18)16-13/h2-3H,13H2,1H3,(H,16,18). The maximum Gasteiger partial charge on any atom is 0.433 e. The van der Waals surface area contributed by atoms with Crippen molar-refractivity contribution in [3.8, 4) is 0 Å². The predicted octanol–water partition coefficient (Wildman–Crippen LogP) is 0.660. The summed E-state index contributed by atoms with van der Waals surface area (Å²) in [6.45, 7) is 1.40. The lowest BCUT2D eigenvalue weighted by molar-refractivity contribution is -0.142. The van der Waals surface area contributed by atoms with Gasteiger partial charge < -0.3 is 0 Å². The zero-order valence-corrected chi connectivity index (χ0v) is 9.12. The van der Waals surface area contributed by atoms with Gasteiger partial charge in [-0.2, -0.15) is 18.3 Å². The highest BCUT2D eigenvalue weighted by molar-refractivity contribution is 5.99. The number of rotatable bonds is 1. The molecule has 2 rings (SSSR count). The molecule has 2 aromatic rings. The molecule has 3 N–H and O–H groups in total. The minimum Gasteiger partial charge on any atom is -0.290 e. The van der Waals surface area contributed by atoms with Gasteiger partial charge in [-0.1, -0.05) is 0 Å². The Morgan fingerprint density at radius 2 is 2.17 bits per heavy atom. The zero-order chi connectivity index (χ0) is 13.5. The van der Waals surface area contributed by atoms with E-state index in [1.54, 1.807) is 0 Å². The fourth-order valence-electron chi connectivity index (χ4n) is 1.52. The third-order valence-corrected chi connectivity index (χ3v) is 2.27. The number of carbonyl (C=O) groups is 1. The van der Waals surface area contributed by atoms with Crippen LogP contribution in [-0.4, -0.2) is 20.5 Å². The molecule has 2 heterocycles. The summed E-state index contributed by atoms with van der Waals surface area (Å²) in [6, 6.07) is 0.851. The molecular weight excluding hydrogens is 251 g/mol. The molecule has 18 heavy (non-hydrogen) atoms. The summed E-state index contributed by atoms with van der Waals surface area (Å²) >= 11 is 0. The minimum absolute atomic E-state index is 0.119. The Labute approximate surface area is 98.6 Å². The monoisotopic (exact) mass is 259 g/mol. The Bertz CT molecular complexity index is 618. The molecule has 0 unspecified atom stereocenters. The summed E-state index contributed by atoms with van der Waals surface area (Å²) in [5.74, 6) is 4.18. The summed E-state index contributed by atoms with van der Waals surface area (Å²) in [5, 5.41) is 3.51. The van der Waals surface area contributed by atoms with Gasteiger partial charge >= 0.3 is 6.18 Å². The number of hydrazine groups is 1. The summed E-state index contributed by atoms with van der Waals surface area (Å²) in [7, 11) is 0. The number of fused-ring (bicyclic) bond motifs is 1. The fraction of sp³-hybridized carbons (Fsp3) is 0.222. The number of carbonyl (C=O) groups excluding carboxylic acids is 1. The largest absolute Gasteiger partial charge is 0.433 e. The number of aryl methyl sites for hydroxylation is 1. The molecule has 0 aromatic carbocycles. The lowest BCUT2D eigenvalue weighted by atomic mass is 10.3. The van der Waals surface area contributed by atoms with Crippen molar-refractivity contribution in [1.29, 1.82) is 0 Å². The van der Waals surface area contributed by atoms with Crippen LogP contribution in [0, 0.1) is 6.92 Å². The van der Waals surface area contributed by atoms with Gasteiger partial charge in [0.25, 0.3) is 5.91 Å². The number of nitrogens with two attached hydrogens (primary N) is 1. The van der Waals surface area contributed by atoms with Crippen molar-refractivity contribution < 1.29 is 18.0 Å². The molecule has 0 aliphatic heterocycles. The highest BCUT2D eigenvalue weighted by atomic mass is 19.4. The van der Waals surface area contributed by atoms with Crippen LogP contribution < -0.4 is 11.3 Å². The third-order valence-electron chi connectivity index (χ3n) is 2.27. The van der Waals surface area contributed by atoms with Gasteiger partial charge in [0.15, 0.2) is 5.65 Å². The van der Waals surface area contributed by atoms with Crippen molar-refractivity contribution in [3.63, 3.8) is 0 Å². The van der Waals surface area contributed by atoms with Crippen LogP contribution in [0.1, 0.15) is 21.7 Å². The molecule has 0 saturated heterocycles. The van der Waals surface area contributed by atoms with Crippen LogP contribution in [0.5, 0.6) is 0 Å². The first-order valence-corrected chi connectivity index (χ1v) is 4.78. The number of halogens is 3. The minimum atomic E-state index is -4.59. The molecular formula is C9H8F3N5O. The van der Waals surface area contributed by atoms with Gasteiger partial charge in [-0.15, -0.1) is 0 Å². The normalized spacial score (nSPS) is 11.8. The fourth-order valence-corrected chi connectivity index (χ4v) is 1.52. The van der Waals surface area contributed by atoms with E-state index < -0.39 is 17.8 Å². The number of alkyl halides is 3. The quantitative estimate of drug-likeness (QED) is 0.447. The average Bonchev–Trinajstić information content (AvgIpc) is 2.69. The molecule has 0 aliphatic rings. The summed E-state index contributed by atoms with van der Waals surface area (Å²) in [5.41, 5.74) is 0.643.